The summed E-state index contributed by atoms with van der Waals surface area (Å²) in [7, 11) is 0. The summed E-state index contributed by atoms with van der Waals surface area (Å²) in [5.74, 6) is 0.885. The highest BCUT2D eigenvalue weighted by atomic mass is 16.5. The summed E-state index contributed by atoms with van der Waals surface area (Å²) >= 11 is 0. The maximum absolute atomic E-state index is 12.6. The van der Waals surface area contributed by atoms with Crippen molar-refractivity contribution in [1.82, 2.24) is 19.8 Å². The van der Waals surface area contributed by atoms with E-state index in [4.69, 9.17) is 19.4 Å². The molecule has 0 radical (unpaired) electrons. The first kappa shape index (κ1) is 29.3. The fourth-order valence-electron chi connectivity index (χ4n) is 7.34. The zero-order valence-corrected chi connectivity index (χ0v) is 25.7. The van der Waals surface area contributed by atoms with Crippen LogP contribution in [0.3, 0.4) is 0 Å². The van der Waals surface area contributed by atoms with E-state index in [1.165, 1.54) is 6.08 Å². The fraction of sp³-hybridized carbons (Fsp3) is 0.471. The number of morpholine rings is 1. The number of phenols is 1. The Balaban J connectivity index is 1.15. The van der Waals surface area contributed by atoms with Gasteiger partial charge in [0, 0.05) is 62.0 Å². The molecule has 234 valence electrons. The van der Waals surface area contributed by atoms with Crippen molar-refractivity contribution in [2.24, 2.45) is 0 Å². The third-order valence-corrected chi connectivity index (χ3v) is 9.81. The van der Waals surface area contributed by atoms with Gasteiger partial charge >= 0.3 is 6.01 Å². The van der Waals surface area contributed by atoms with Gasteiger partial charge in [0.25, 0.3) is 0 Å². The molecule has 2 aromatic carbocycles. The minimum atomic E-state index is -0.263. The number of amides is 1. The minimum absolute atomic E-state index is 0.0355. The van der Waals surface area contributed by atoms with E-state index >= 15 is 0 Å². The molecule has 7 rings (SSSR count). The highest BCUT2D eigenvalue weighted by Gasteiger charge is 2.57. The smallest absolute Gasteiger partial charge is 0.318 e. The van der Waals surface area contributed by atoms with E-state index in [1.54, 1.807) is 11.0 Å². The van der Waals surface area contributed by atoms with Crippen molar-refractivity contribution in [1.29, 1.82) is 5.26 Å². The lowest BCUT2D eigenvalue weighted by Gasteiger charge is -2.62. The number of likely N-dealkylation sites (tertiary alicyclic amines) is 1. The Morgan fingerprint density at radius 2 is 2.11 bits per heavy atom. The number of anilines is 2. The number of aromatic nitrogens is 2. The SMILES string of the molecule is C=CC(=O)N1CCN(c2nc(OCCCN3C[C@@]4(C)OC[C@@H]34)nc3c2CCN(c2cc(O)cc4ccccc24)C3)CC1CC#N. The first-order valence-electron chi connectivity index (χ1n) is 15.8. The number of piperazine rings is 1. The molecular formula is C34H39N7O4. The van der Waals surface area contributed by atoms with Crippen molar-refractivity contribution in [3.05, 3.63) is 60.3 Å². The van der Waals surface area contributed by atoms with E-state index in [9.17, 15) is 15.2 Å². The molecule has 4 aliphatic heterocycles. The number of aromatic hydroxyl groups is 1. The number of carbonyl (C=O) groups is 1. The second-order valence-electron chi connectivity index (χ2n) is 12.6. The monoisotopic (exact) mass is 609 g/mol. The van der Waals surface area contributed by atoms with E-state index in [-0.39, 0.29) is 29.7 Å². The van der Waals surface area contributed by atoms with Crippen LogP contribution in [0.5, 0.6) is 11.8 Å². The minimum Gasteiger partial charge on any atom is -0.508 e. The molecule has 0 bridgehead atoms. The normalized spacial score (nSPS) is 24.2. The van der Waals surface area contributed by atoms with Crippen LogP contribution in [-0.4, -0.2) is 101 Å². The van der Waals surface area contributed by atoms with Crippen LogP contribution in [0.4, 0.5) is 11.5 Å². The summed E-state index contributed by atoms with van der Waals surface area (Å²) in [5.41, 5.74) is 2.95. The number of nitriles is 1. The molecule has 11 heteroatoms. The van der Waals surface area contributed by atoms with Gasteiger partial charge in [0.1, 0.15) is 11.6 Å². The summed E-state index contributed by atoms with van der Waals surface area (Å²) in [5, 5.41) is 22.1. The van der Waals surface area contributed by atoms with Crippen LogP contribution in [0.15, 0.2) is 49.1 Å². The lowest BCUT2D eigenvalue weighted by atomic mass is 9.80. The molecule has 4 aliphatic rings. The van der Waals surface area contributed by atoms with E-state index in [0.29, 0.717) is 51.3 Å². The molecule has 11 nitrogen and oxygen atoms in total. The van der Waals surface area contributed by atoms with Crippen LogP contribution in [0.2, 0.25) is 0 Å². The second kappa shape index (κ2) is 11.8. The quantitative estimate of drug-likeness (QED) is 0.286. The highest BCUT2D eigenvalue weighted by Crippen LogP contribution is 2.41. The maximum atomic E-state index is 12.6. The molecule has 3 aromatic rings. The van der Waals surface area contributed by atoms with Gasteiger partial charge in [-0.25, -0.2) is 0 Å². The fourth-order valence-corrected chi connectivity index (χ4v) is 7.34. The number of fused-ring (bicyclic) bond motifs is 3. The summed E-state index contributed by atoms with van der Waals surface area (Å²) in [6, 6.07) is 14.5. The molecule has 0 aliphatic carbocycles. The number of hydrogen-bond acceptors (Lipinski definition) is 10. The third-order valence-electron chi connectivity index (χ3n) is 9.81. The third kappa shape index (κ3) is 5.42. The topological polar surface area (TPSA) is 118 Å². The molecule has 1 N–H and O–H groups in total. The van der Waals surface area contributed by atoms with Gasteiger partial charge in [-0.2, -0.15) is 15.2 Å². The van der Waals surface area contributed by atoms with Crippen molar-refractivity contribution >= 4 is 28.2 Å². The Morgan fingerprint density at radius 1 is 1.24 bits per heavy atom. The van der Waals surface area contributed by atoms with Gasteiger partial charge in [-0.15, -0.1) is 0 Å². The summed E-state index contributed by atoms with van der Waals surface area (Å²) < 4.78 is 11.9. The molecule has 45 heavy (non-hydrogen) atoms. The predicted molar refractivity (Wildman–Crippen MR) is 170 cm³/mol. The van der Waals surface area contributed by atoms with E-state index < -0.39 is 0 Å². The molecule has 3 atom stereocenters. The van der Waals surface area contributed by atoms with Gasteiger partial charge in [-0.1, -0.05) is 30.8 Å². The summed E-state index contributed by atoms with van der Waals surface area (Å²) in [6.45, 7) is 11.9. The number of ether oxygens (including phenoxy) is 2. The van der Waals surface area contributed by atoms with Gasteiger partial charge in [0.2, 0.25) is 5.91 Å². The molecule has 1 amide bonds. The van der Waals surface area contributed by atoms with E-state index in [0.717, 1.165) is 66.2 Å². The lowest BCUT2D eigenvalue weighted by molar-refractivity contribution is -0.282. The summed E-state index contributed by atoms with van der Waals surface area (Å²) in [6.07, 6.45) is 3.11. The zero-order chi connectivity index (χ0) is 31.1. The lowest BCUT2D eigenvalue weighted by Crippen LogP contribution is -2.78. The van der Waals surface area contributed by atoms with E-state index in [2.05, 4.69) is 40.3 Å². The van der Waals surface area contributed by atoms with Crippen LogP contribution in [0.25, 0.3) is 10.8 Å². The van der Waals surface area contributed by atoms with Crippen molar-refractivity contribution in [2.75, 3.05) is 62.3 Å². The highest BCUT2D eigenvalue weighted by molar-refractivity contribution is 5.95. The second-order valence-corrected chi connectivity index (χ2v) is 12.6. The molecule has 3 saturated heterocycles. The number of rotatable bonds is 9. The van der Waals surface area contributed by atoms with Crippen LogP contribution < -0.4 is 14.5 Å². The van der Waals surface area contributed by atoms with Crippen molar-refractivity contribution < 1.29 is 19.4 Å². The number of carbonyl (C=O) groups excluding carboxylic acids is 1. The Labute approximate surface area is 263 Å². The van der Waals surface area contributed by atoms with Crippen LogP contribution in [0, 0.1) is 11.3 Å². The number of phenolic OH excluding ortho intramolecular Hbond substituents is 1. The molecule has 1 aromatic heterocycles. The molecule has 0 saturated carbocycles. The van der Waals surface area contributed by atoms with Gasteiger partial charge < -0.3 is 29.3 Å². The Kier molecular flexibility index (Phi) is 7.71. The molecule has 0 spiro atoms. The van der Waals surface area contributed by atoms with Gasteiger partial charge in [-0.05, 0) is 37.3 Å². The number of nitrogens with zero attached hydrogens (tertiary/aromatic N) is 7. The van der Waals surface area contributed by atoms with Gasteiger partial charge in [0.05, 0.1) is 55.6 Å². The zero-order valence-electron chi connectivity index (χ0n) is 25.7. The van der Waals surface area contributed by atoms with Crippen molar-refractivity contribution in [3.8, 4) is 17.8 Å². The first-order valence-corrected chi connectivity index (χ1v) is 15.8. The molecule has 1 unspecified atom stereocenters. The molecule has 5 heterocycles. The largest absolute Gasteiger partial charge is 0.508 e. The molecular weight excluding hydrogens is 570 g/mol. The predicted octanol–water partition coefficient (Wildman–Crippen LogP) is 3.26. The van der Waals surface area contributed by atoms with Crippen LogP contribution in [0.1, 0.15) is 31.0 Å². The average molecular weight is 610 g/mol. The average Bonchev–Trinajstić information content (AvgIpc) is 3.05. The molecule has 3 fully saturated rings. The van der Waals surface area contributed by atoms with E-state index in [1.807, 2.05) is 24.3 Å². The van der Waals surface area contributed by atoms with Crippen LogP contribution >= 0.6 is 0 Å². The number of hydrogen-bond donors (Lipinski definition) is 1. The Bertz CT molecular complexity index is 1670. The first-order chi connectivity index (χ1) is 21.9. The number of benzene rings is 2. The van der Waals surface area contributed by atoms with Gasteiger partial charge in [-0.3, -0.25) is 9.69 Å². The van der Waals surface area contributed by atoms with Crippen molar-refractivity contribution in [2.45, 2.75) is 50.4 Å². The van der Waals surface area contributed by atoms with Crippen molar-refractivity contribution in [3.63, 3.8) is 0 Å². The maximum Gasteiger partial charge on any atom is 0.318 e. The van der Waals surface area contributed by atoms with Crippen LogP contribution in [-0.2, 0) is 22.5 Å². The standard InChI is InChI=1S/C34H39N7O4/c1-3-31(43)41-15-14-39(19-24(41)9-11-35)32-27-10-13-38(29-18-25(42)17-23-7-4-5-8-26(23)29)20-28(27)36-33(37-32)44-16-6-12-40-22-34(2)30(40)21-45-34/h3-5,7-8,17-18,24,30,42H,1,6,9-10,12-16,19-22H2,2H3/t24?,30-,34-/m1/s1. The Hall–Kier alpha value is -4.40. The summed E-state index contributed by atoms with van der Waals surface area (Å²) in [4.78, 5) is 31.1. The Morgan fingerprint density at radius 3 is 2.87 bits per heavy atom. The van der Waals surface area contributed by atoms with Gasteiger partial charge in [0.15, 0.2) is 0 Å².